The van der Waals surface area contributed by atoms with Crippen LogP contribution >= 0.6 is 0 Å². The van der Waals surface area contributed by atoms with Crippen LogP contribution in [0.1, 0.15) is 131 Å². The van der Waals surface area contributed by atoms with Gasteiger partial charge in [-0.15, -0.1) is 0 Å². The minimum Gasteiger partial charge on any atom is -0.493 e. The molecule has 19 nitrogen and oxygen atoms in total. The van der Waals surface area contributed by atoms with Crippen molar-refractivity contribution in [2.45, 2.75) is 116 Å². The molecule has 0 aliphatic carbocycles. The number of para-hydroxylation sites is 1. The van der Waals surface area contributed by atoms with E-state index in [9.17, 15) is 38.4 Å². The average molecular weight is 1070 g/mol. The first-order valence-electron chi connectivity index (χ1n) is 26.7. The second-order valence-electron chi connectivity index (χ2n) is 19.7. The molecule has 1 unspecified atom stereocenters. The molecule has 3 aliphatic rings. The minimum atomic E-state index is -1.13. The first-order valence-corrected chi connectivity index (χ1v) is 26.7. The number of fused-ring (bicyclic) bond motifs is 1. The monoisotopic (exact) mass is 1070 g/mol. The molecular formula is C59H71N5O14. The van der Waals surface area contributed by atoms with E-state index in [0.717, 1.165) is 40.0 Å². The summed E-state index contributed by atoms with van der Waals surface area (Å²) in [6, 6.07) is 19.8. The van der Waals surface area contributed by atoms with Crippen molar-refractivity contribution in [3.05, 3.63) is 117 Å². The van der Waals surface area contributed by atoms with Crippen LogP contribution < -0.4 is 34.9 Å². The van der Waals surface area contributed by atoms with Crippen molar-refractivity contribution in [2.75, 3.05) is 60.3 Å². The van der Waals surface area contributed by atoms with Gasteiger partial charge in [-0.2, -0.15) is 0 Å². The van der Waals surface area contributed by atoms with Crippen molar-refractivity contribution in [2.24, 2.45) is 0 Å². The maximum atomic E-state index is 14.5. The van der Waals surface area contributed by atoms with Crippen LogP contribution in [0.5, 0.6) is 23.0 Å². The number of hydrogen-bond donors (Lipinski definition) is 3. The predicted molar refractivity (Wildman–Crippen MR) is 286 cm³/mol. The number of hydrogen-bond acceptors (Lipinski definition) is 14. The van der Waals surface area contributed by atoms with Crippen molar-refractivity contribution in [3.8, 4) is 23.0 Å². The van der Waals surface area contributed by atoms with E-state index in [1.807, 2.05) is 38.1 Å². The van der Waals surface area contributed by atoms with Gasteiger partial charge in [-0.3, -0.25) is 43.8 Å². The molecule has 7 rings (SSSR count). The summed E-state index contributed by atoms with van der Waals surface area (Å²) < 4.78 is 35.1. The second-order valence-corrected chi connectivity index (χ2v) is 19.7. The number of methoxy groups -OCH3 is 2. The van der Waals surface area contributed by atoms with Gasteiger partial charge in [0.1, 0.15) is 29.7 Å². The molecule has 78 heavy (non-hydrogen) atoms. The van der Waals surface area contributed by atoms with Crippen molar-refractivity contribution in [1.82, 2.24) is 25.8 Å². The van der Waals surface area contributed by atoms with Gasteiger partial charge in [0.05, 0.1) is 31.3 Å². The van der Waals surface area contributed by atoms with E-state index < -0.39 is 66.2 Å². The molecule has 7 amide bonds. The molecule has 0 bridgehead atoms. The van der Waals surface area contributed by atoms with Gasteiger partial charge in [0, 0.05) is 44.8 Å². The molecule has 2 saturated heterocycles. The van der Waals surface area contributed by atoms with Crippen LogP contribution in [0.25, 0.3) is 0 Å². The summed E-state index contributed by atoms with van der Waals surface area (Å²) in [6.07, 6.45) is 3.74. The summed E-state index contributed by atoms with van der Waals surface area (Å²) in [5, 5.41) is 7.74. The molecule has 0 spiro atoms. The molecule has 4 atom stereocenters. The molecule has 3 heterocycles. The van der Waals surface area contributed by atoms with Crippen LogP contribution in [0.4, 0.5) is 0 Å². The first kappa shape index (κ1) is 57.9. The number of ether oxygens (including phenoxy) is 6. The lowest BCUT2D eigenvalue weighted by molar-refractivity contribution is -0.162. The Bertz CT molecular complexity index is 2870. The van der Waals surface area contributed by atoms with E-state index in [1.165, 1.54) is 23.8 Å². The molecule has 3 aliphatic heterocycles. The highest BCUT2D eigenvalue weighted by atomic mass is 16.5. The number of benzene rings is 4. The third kappa shape index (κ3) is 14.2. The number of nitrogens with zero attached hydrogens (tertiary/aromatic N) is 2. The third-order valence-electron chi connectivity index (χ3n) is 14.4. The fraction of sp³-hybridized carbons (Fsp3) is 0.458. The van der Waals surface area contributed by atoms with E-state index in [-0.39, 0.29) is 54.7 Å². The zero-order chi connectivity index (χ0) is 55.9. The lowest BCUT2D eigenvalue weighted by atomic mass is 9.91. The van der Waals surface area contributed by atoms with Gasteiger partial charge in [-0.25, -0.2) is 4.79 Å². The van der Waals surface area contributed by atoms with Crippen molar-refractivity contribution >= 4 is 47.3 Å². The lowest BCUT2D eigenvalue weighted by Crippen LogP contribution is -2.54. The Morgan fingerprint density at radius 2 is 1.45 bits per heavy atom. The number of carbonyl (C=O) groups excluding carboxylic acids is 8. The molecule has 4 aromatic rings. The largest absolute Gasteiger partial charge is 0.493 e. The molecular weight excluding hydrogens is 1000 g/mol. The Balaban J connectivity index is 0.867. The maximum absolute atomic E-state index is 14.5. The van der Waals surface area contributed by atoms with E-state index in [2.05, 4.69) is 48.0 Å². The highest BCUT2D eigenvalue weighted by Crippen LogP contribution is 2.39. The number of aryl methyl sites for hydroxylation is 4. The number of esters is 1. The van der Waals surface area contributed by atoms with Gasteiger partial charge < -0.3 is 44.0 Å². The summed E-state index contributed by atoms with van der Waals surface area (Å²) in [4.78, 5) is 108. The Morgan fingerprint density at radius 3 is 2.13 bits per heavy atom. The Morgan fingerprint density at radius 1 is 0.744 bits per heavy atom. The van der Waals surface area contributed by atoms with Crippen LogP contribution in [0.2, 0.25) is 0 Å². The topological polar surface area (TPSA) is 235 Å². The molecule has 3 N–H and O–H groups in total. The fourth-order valence-corrected chi connectivity index (χ4v) is 10.1. The van der Waals surface area contributed by atoms with Gasteiger partial charge >= 0.3 is 5.97 Å². The summed E-state index contributed by atoms with van der Waals surface area (Å²) in [5.74, 6) is -3.04. The van der Waals surface area contributed by atoms with Gasteiger partial charge in [-0.1, -0.05) is 55.5 Å². The van der Waals surface area contributed by atoms with Crippen LogP contribution in [-0.2, 0) is 44.7 Å². The van der Waals surface area contributed by atoms with Crippen LogP contribution in [0, 0.1) is 20.8 Å². The predicted octanol–water partition coefficient (Wildman–Crippen LogP) is 6.31. The second kappa shape index (κ2) is 27.5. The third-order valence-corrected chi connectivity index (χ3v) is 14.4. The number of carbonyl (C=O) groups is 8. The summed E-state index contributed by atoms with van der Waals surface area (Å²) >= 11 is 0. The molecule has 0 saturated carbocycles. The summed E-state index contributed by atoms with van der Waals surface area (Å²) in [6.45, 7) is 8.94. The minimum absolute atomic E-state index is 0.00922. The van der Waals surface area contributed by atoms with E-state index in [4.69, 9.17) is 28.4 Å². The highest BCUT2D eigenvalue weighted by Gasteiger charge is 2.46. The first-order chi connectivity index (χ1) is 37.6. The maximum Gasteiger partial charge on any atom is 0.329 e. The Hall–Kier alpha value is -7.80. The number of piperidine rings is 2. The number of amides is 7. The molecule has 19 heteroatoms. The normalized spacial score (nSPS) is 16.9. The summed E-state index contributed by atoms with van der Waals surface area (Å²) in [5.41, 5.74) is 5.63. The zero-order valence-corrected chi connectivity index (χ0v) is 45.4. The van der Waals surface area contributed by atoms with Gasteiger partial charge in [0.25, 0.3) is 23.6 Å². The molecule has 0 aromatic heterocycles. The number of likely N-dealkylation sites (tertiary alicyclic amines) is 1. The highest BCUT2D eigenvalue weighted by molar-refractivity contribution is 6.24. The lowest BCUT2D eigenvalue weighted by Gasteiger charge is -2.37. The van der Waals surface area contributed by atoms with E-state index >= 15 is 0 Å². The number of nitrogens with one attached hydrogen (secondary N) is 3. The van der Waals surface area contributed by atoms with Crippen molar-refractivity contribution < 1.29 is 66.8 Å². The molecule has 4 aromatic carbocycles. The summed E-state index contributed by atoms with van der Waals surface area (Å²) in [7, 11) is 3.14. The Kier molecular flexibility index (Phi) is 20.4. The van der Waals surface area contributed by atoms with Crippen LogP contribution in [0.15, 0.2) is 72.8 Å². The van der Waals surface area contributed by atoms with Crippen molar-refractivity contribution in [1.29, 1.82) is 0 Å². The molecule has 416 valence electrons. The van der Waals surface area contributed by atoms with E-state index in [0.29, 0.717) is 87.6 Å². The van der Waals surface area contributed by atoms with E-state index in [1.54, 1.807) is 31.3 Å². The molecule has 0 radical (unpaired) electrons. The molecule has 2 fully saturated rings. The smallest absolute Gasteiger partial charge is 0.329 e. The van der Waals surface area contributed by atoms with Crippen molar-refractivity contribution in [3.63, 3.8) is 0 Å². The zero-order valence-electron chi connectivity index (χ0n) is 45.4. The van der Waals surface area contributed by atoms with Crippen LogP contribution in [-0.4, -0.2) is 129 Å². The fourth-order valence-electron chi connectivity index (χ4n) is 10.1. The number of rotatable bonds is 26. The van der Waals surface area contributed by atoms with Gasteiger partial charge in [0.2, 0.25) is 17.7 Å². The van der Waals surface area contributed by atoms with Gasteiger partial charge in [-0.05, 0) is 131 Å². The quantitative estimate of drug-likeness (QED) is 0.0355. The van der Waals surface area contributed by atoms with Gasteiger partial charge in [0.15, 0.2) is 24.7 Å². The van der Waals surface area contributed by atoms with Crippen LogP contribution in [0.3, 0.4) is 0 Å². The Labute approximate surface area is 455 Å². The number of imide groups is 2. The standard InChI is InChI=1S/C59H71N5O14/c1-7-41(40-32-38(4)54(74-6)49(33-40)73-5)56(69)63-28-11-10-17-45(63)59(72)78-47(24-22-39-21-20-36(2)37(3)31-39)42-15-8-9-18-46(42)76-34-51(66)60-26-13-29-75-30-14-27-61-52(67)35-77-48-19-12-16-43-53(48)58(71)64(57(43)70)44-23-25-50(65)62-55(44)68/h8-9,12,15-16,18-21,31-33,41,44-45,47H,7,10-11,13-14,17,22-30,34-35H2,1-6H3,(H,60,66)(H,61,67)(H,62,65,68)/t41-,44?,45-,47+/m0/s1. The average Bonchev–Trinajstić information content (AvgIpc) is 3.87. The SMILES string of the molecule is CC[C@H](C(=O)N1CCCC[C@H]1C(=O)O[C@H](CCc1ccc(C)c(C)c1)c1ccccc1OCC(=O)NCCCOCCCNC(=O)COc1cccc2c1C(=O)N(C1CCC(=O)NC1=O)C2=O)c1cc(C)c(OC)c(OC)c1.